The van der Waals surface area contributed by atoms with E-state index in [1.54, 1.807) is 0 Å². The molecule has 1 aromatic rings. The van der Waals surface area contributed by atoms with E-state index in [4.69, 9.17) is 0 Å². The van der Waals surface area contributed by atoms with Crippen LogP contribution in [0, 0.1) is 31.1 Å². The maximum Gasteiger partial charge on any atom is 0.103 e. The van der Waals surface area contributed by atoms with Crippen molar-refractivity contribution < 1.29 is 0 Å². The second-order valence-corrected chi connectivity index (χ2v) is 5.43. The van der Waals surface area contributed by atoms with E-state index in [1.165, 1.54) is 12.8 Å². The molecule has 2 heterocycles. The van der Waals surface area contributed by atoms with Crippen LogP contribution in [0.5, 0.6) is 0 Å². The van der Waals surface area contributed by atoms with Crippen LogP contribution < -0.4 is 10.2 Å². The van der Waals surface area contributed by atoms with Crippen LogP contribution in [-0.2, 0) is 0 Å². The summed E-state index contributed by atoms with van der Waals surface area (Å²) in [7, 11) is 2.08. The van der Waals surface area contributed by atoms with E-state index < -0.39 is 0 Å². The van der Waals surface area contributed by atoms with Crippen LogP contribution in [0.3, 0.4) is 0 Å². The Morgan fingerprint density at radius 1 is 1.42 bits per heavy atom. The average molecular weight is 258 g/mol. The maximum absolute atomic E-state index is 9.32. The topological polar surface area (TPSA) is 52.0 Å². The highest BCUT2D eigenvalue weighted by Crippen LogP contribution is 2.24. The summed E-state index contributed by atoms with van der Waals surface area (Å²) < 4.78 is 0. The molecule has 1 aromatic heterocycles. The Morgan fingerprint density at radius 2 is 2.11 bits per heavy atom. The standard InChI is InChI=1S/C15H22N4/c1-11-8-15(14(9-16)12(2)18-11)19(3)10-13-4-6-17-7-5-13/h8,13,17H,4-7,10H2,1-3H3. The van der Waals surface area contributed by atoms with Gasteiger partial charge in [0.1, 0.15) is 6.07 Å². The van der Waals surface area contributed by atoms with Crippen molar-refractivity contribution in [2.24, 2.45) is 5.92 Å². The van der Waals surface area contributed by atoms with E-state index in [0.29, 0.717) is 11.5 Å². The summed E-state index contributed by atoms with van der Waals surface area (Å²) in [6.45, 7) is 7.12. The van der Waals surface area contributed by atoms with Gasteiger partial charge in [-0.05, 0) is 51.8 Å². The van der Waals surface area contributed by atoms with E-state index in [1.807, 2.05) is 19.9 Å². The fourth-order valence-corrected chi connectivity index (χ4v) is 2.80. The zero-order valence-electron chi connectivity index (χ0n) is 12.0. The molecule has 0 unspecified atom stereocenters. The van der Waals surface area contributed by atoms with Gasteiger partial charge in [0.05, 0.1) is 16.9 Å². The van der Waals surface area contributed by atoms with Crippen LogP contribution in [0.1, 0.15) is 29.8 Å². The predicted molar refractivity (Wildman–Crippen MR) is 77.3 cm³/mol. The molecule has 0 aromatic carbocycles. The second-order valence-electron chi connectivity index (χ2n) is 5.43. The molecule has 102 valence electrons. The minimum absolute atomic E-state index is 0.710. The molecule has 0 spiro atoms. The molecule has 1 saturated heterocycles. The number of hydrogen-bond donors (Lipinski definition) is 1. The van der Waals surface area contributed by atoms with Gasteiger partial charge in [0.15, 0.2) is 0 Å². The number of pyridine rings is 1. The van der Waals surface area contributed by atoms with E-state index in [-0.39, 0.29) is 0 Å². The lowest BCUT2D eigenvalue weighted by atomic mass is 9.97. The lowest BCUT2D eigenvalue weighted by molar-refractivity contribution is 0.378. The summed E-state index contributed by atoms with van der Waals surface area (Å²) in [6.07, 6.45) is 2.44. The van der Waals surface area contributed by atoms with E-state index in [9.17, 15) is 5.26 Å². The number of anilines is 1. The highest BCUT2D eigenvalue weighted by molar-refractivity contribution is 5.61. The van der Waals surface area contributed by atoms with E-state index in [2.05, 4.69) is 28.3 Å². The van der Waals surface area contributed by atoms with Crippen molar-refractivity contribution in [1.82, 2.24) is 10.3 Å². The molecular weight excluding hydrogens is 236 g/mol. The van der Waals surface area contributed by atoms with Crippen molar-refractivity contribution in [3.8, 4) is 6.07 Å². The Morgan fingerprint density at radius 3 is 2.74 bits per heavy atom. The fraction of sp³-hybridized carbons (Fsp3) is 0.600. The summed E-state index contributed by atoms with van der Waals surface area (Å²) in [5.41, 5.74) is 3.53. The number of nitrogens with one attached hydrogen (secondary N) is 1. The Balaban J connectivity index is 2.18. The Bertz CT molecular complexity index is 484. The summed E-state index contributed by atoms with van der Waals surface area (Å²) >= 11 is 0. The van der Waals surface area contributed by atoms with Crippen molar-refractivity contribution in [1.29, 1.82) is 5.26 Å². The number of nitrogens with zero attached hydrogens (tertiary/aromatic N) is 3. The van der Waals surface area contributed by atoms with Gasteiger partial charge in [0.2, 0.25) is 0 Å². The number of hydrogen-bond acceptors (Lipinski definition) is 4. The van der Waals surface area contributed by atoms with Crippen molar-refractivity contribution in [2.75, 3.05) is 31.6 Å². The first kappa shape index (κ1) is 13.8. The first-order valence-electron chi connectivity index (χ1n) is 6.92. The highest BCUT2D eigenvalue weighted by atomic mass is 15.1. The number of rotatable bonds is 3. The molecule has 19 heavy (non-hydrogen) atoms. The van der Waals surface area contributed by atoms with Gasteiger partial charge in [-0.3, -0.25) is 4.98 Å². The quantitative estimate of drug-likeness (QED) is 0.901. The first-order chi connectivity index (χ1) is 9.11. The molecule has 0 amide bonds. The molecule has 2 rings (SSSR count). The fourth-order valence-electron chi connectivity index (χ4n) is 2.80. The van der Waals surface area contributed by atoms with Gasteiger partial charge in [0, 0.05) is 19.3 Å². The van der Waals surface area contributed by atoms with Gasteiger partial charge < -0.3 is 10.2 Å². The zero-order valence-corrected chi connectivity index (χ0v) is 12.0. The van der Waals surface area contributed by atoms with Crippen LogP contribution in [0.2, 0.25) is 0 Å². The Kier molecular flexibility index (Phi) is 4.39. The monoisotopic (exact) mass is 258 g/mol. The minimum Gasteiger partial charge on any atom is -0.373 e. The van der Waals surface area contributed by atoms with Crippen LogP contribution in [-0.4, -0.2) is 31.7 Å². The number of aromatic nitrogens is 1. The molecule has 1 N–H and O–H groups in total. The summed E-state index contributed by atoms with van der Waals surface area (Å²) in [5.74, 6) is 0.714. The Labute approximate surface area is 115 Å². The maximum atomic E-state index is 9.32. The number of piperidine rings is 1. The van der Waals surface area contributed by atoms with Gasteiger partial charge in [-0.15, -0.1) is 0 Å². The third-order valence-corrected chi connectivity index (χ3v) is 3.82. The predicted octanol–water partition coefficient (Wildman–Crippen LogP) is 2.01. The third-order valence-electron chi connectivity index (χ3n) is 3.82. The van der Waals surface area contributed by atoms with Gasteiger partial charge in [-0.1, -0.05) is 0 Å². The van der Waals surface area contributed by atoms with Crippen LogP contribution in [0.15, 0.2) is 6.07 Å². The summed E-state index contributed by atoms with van der Waals surface area (Å²) in [5, 5.41) is 12.7. The lowest BCUT2D eigenvalue weighted by Gasteiger charge is -2.29. The van der Waals surface area contributed by atoms with E-state index in [0.717, 1.165) is 36.7 Å². The molecule has 0 bridgehead atoms. The second kappa shape index (κ2) is 6.03. The van der Waals surface area contributed by atoms with Gasteiger partial charge >= 0.3 is 0 Å². The normalized spacial score (nSPS) is 16.1. The smallest absolute Gasteiger partial charge is 0.103 e. The zero-order chi connectivity index (χ0) is 13.8. The lowest BCUT2D eigenvalue weighted by Crippen LogP contribution is -2.34. The van der Waals surface area contributed by atoms with Crippen molar-refractivity contribution >= 4 is 5.69 Å². The van der Waals surface area contributed by atoms with Crippen LogP contribution >= 0.6 is 0 Å². The molecule has 1 fully saturated rings. The largest absolute Gasteiger partial charge is 0.373 e. The first-order valence-corrected chi connectivity index (χ1v) is 6.92. The minimum atomic E-state index is 0.710. The van der Waals surface area contributed by atoms with Gasteiger partial charge in [0.25, 0.3) is 0 Å². The SMILES string of the molecule is Cc1cc(N(C)CC2CCNCC2)c(C#N)c(C)n1. The summed E-state index contributed by atoms with van der Waals surface area (Å²) in [4.78, 5) is 6.59. The molecular formula is C15H22N4. The molecule has 0 radical (unpaired) electrons. The third kappa shape index (κ3) is 3.24. The molecule has 1 aliphatic heterocycles. The summed E-state index contributed by atoms with van der Waals surface area (Å²) in [6, 6.07) is 4.31. The van der Waals surface area contributed by atoms with Gasteiger partial charge in [-0.25, -0.2) is 0 Å². The molecule has 4 nitrogen and oxygen atoms in total. The van der Waals surface area contributed by atoms with Crippen LogP contribution in [0.25, 0.3) is 0 Å². The molecule has 0 saturated carbocycles. The van der Waals surface area contributed by atoms with Gasteiger partial charge in [-0.2, -0.15) is 5.26 Å². The molecule has 0 aliphatic carbocycles. The molecule has 4 heteroatoms. The van der Waals surface area contributed by atoms with Crippen LogP contribution in [0.4, 0.5) is 5.69 Å². The molecule has 0 atom stereocenters. The molecule has 1 aliphatic rings. The van der Waals surface area contributed by atoms with Crippen molar-refractivity contribution in [3.63, 3.8) is 0 Å². The number of nitriles is 1. The Hall–Kier alpha value is -1.60. The van der Waals surface area contributed by atoms with Crippen molar-refractivity contribution in [3.05, 3.63) is 23.0 Å². The van der Waals surface area contributed by atoms with Crippen molar-refractivity contribution in [2.45, 2.75) is 26.7 Å². The highest BCUT2D eigenvalue weighted by Gasteiger charge is 2.18. The average Bonchev–Trinajstić information content (AvgIpc) is 2.39. The van der Waals surface area contributed by atoms with E-state index >= 15 is 0 Å². The number of aryl methyl sites for hydroxylation is 2.